The summed E-state index contributed by atoms with van der Waals surface area (Å²) in [5, 5.41) is 19.7. The number of carboxylic acids is 1. The molecule has 0 radical (unpaired) electrons. The highest BCUT2D eigenvalue weighted by Gasteiger charge is 2.37. The van der Waals surface area contributed by atoms with E-state index < -0.39 is 46.7 Å². The normalized spacial score (nSPS) is 12.6. The Labute approximate surface area is 223 Å². The summed E-state index contributed by atoms with van der Waals surface area (Å²) in [6.07, 6.45) is -5.93. The topological polar surface area (TPSA) is 102 Å². The second-order valence-electron chi connectivity index (χ2n) is 9.60. The predicted octanol–water partition coefficient (Wildman–Crippen LogP) is 6.77. The Kier molecular flexibility index (Phi) is 8.91. The van der Waals surface area contributed by atoms with Crippen molar-refractivity contribution in [3.63, 3.8) is 0 Å². The van der Waals surface area contributed by atoms with E-state index in [4.69, 9.17) is 14.2 Å². The van der Waals surface area contributed by atoms with E-state index in [0.29, 0.717) is 17.4 Å². The van der Waals surface area contributed by atoms with Crippen LogP contribution in [0.1, 0.15) is 60.8 Å². The van der Waals surface area contributed by atoms with Gasteiger partial charge in [0.25, 0.3) is 0 Å². The monoisotopic (exact) mass is 546 g/mol. The lowest BCUT2D eigenvalue weighted by atomic mass is 10.0. The van der Waals surface area contributed by atoms with E-state index in [9.17, 15) is 33.0 Å². The van der Waals surface area contributed by atoms with E-state index in [1.807, 2.05) is 0 Å². The summed E-state index contributed by atoms with van der Waals surface area (Å²) in [5.41, 5.74) is -0.807. The molecule has 0 saturated carbocycles. The van der Waals surface area contributed by atoms with Crippen LogP contribution in [0.5, 0.6) is 11.5 Å². The van der Waals surface area contributed by atoms with Crippen molar-refractivity contribution in [2.75, 3.05) is 6.61 Å². The number of carbonyl (C=O) groups is 2. The van der Waals surface area contributed by atoms with Crippen LogP contribution in [0, 0.1) is 0 Å². The number of aromatic hydroxyl groups is 1. The Bertz CT molecular complexity index is 1310. The Hall–Kier alpha value is -4.05. The van der Waals surface area contributed by atoms with E-state index in [-0.39, 0.29) is 18.8 Å². The minimum Gasteiger partial charge on any atom is -0.506 e. The minimum atomic E-state index is -4.87. The molecule has 2 N–H and O–H groups in total. The largest absolute Gasteiger partial charge is 0.506 e. The molecular formula is C29H29F3O7. The highest BCUT2D eigenvalue weighted by atomic mass is 19.4. The number of rotatable bonds is 9. The van der Waals surface area contributed by atoms with Crippen molar-refractivity contribution in [1.82, 2.24) is 0 Å². The number of alkyl halides is 3. The molecular weight excluding hydrogens is 517 g/mol. The molecule has 7 nitrogen and oxygen atoms in total. The Morgan fingerprint density at radius 2 is 1.46 bits per heavy atom. The molecule has 39 heavy (non-hydrogen) atoms. The highest BCUT2D eigenvalue weighted by molar-refractivity contribution is 5.95. The fourth-order valence-electron chi connectivity index (χ4n) is 3.77. The molecule has 10 heteroatoms. The van der Waals surface area contributed by atoms with Gasteiger partial charge in [0.05, 0.1) is 5.56 Å². The molecule has 3 rings (SSSR count). The molecule has 0 fully saturated rings. The van der Waals surface area contributed by atoms with Gasteiger partial charge < -0.3 is 24.4 Å². The van der Waals surface area contributed by atoms with Crippen LogP contribution in [-0.2, 0) is 27.1 Å². The lowest BCUT2D eigenvalue weighted by Gasteiger charge is -2.22. The van der Waals surface area contributed by atoms with Crippen molar-refractivity contribution in [2.24, 2.45) is 0 Å². The Balaban J connectivity index is 1.80. The zero-order valence-electron chi connectivity index (χ0n) is 21.8. The number of aliphatic carboxylic acids is 1. The van der Waals surface area contributed by atoms with E-state index >= 15 is 0 Å². The third-order valence-electron chi connectivity index (χ3n) is 5.53. The number of phenolic OH excluding ortho intramolecular Hbond substituents is 1. The summed E-state index contributed by atoms with van der Waals surface area (Å²) in [6.45, 7) is 6.35. The maximum absolute atomic E-state index is 13.3. The van der Waals surface area contributed by atoms with Crippen LogP contribution in [0.3, 0.4) is 0 Å². The average Bonchev–Trinajstić information content (AvgIpc) is 2.84. The van der Waals surface area contributed by atoms with Gasteiger partial charge in [0.2, 0.25) is 0 Å². The summed E-state index contributed by atoms with van der Waals surface area (Å²) in [4.78, 5) is 24.1. The van der Waals surface area contributed by atoms with E-state index in [1.54, 1.807) is 76.2 Å². The number of hydrogen-bond acceptors (Lipinski definition) is 6. The maximum atomic E-state index is 13.3. The van der Waals surface area contributed by atoms with Gasteiger partial charge in [-0.15, -0.1) is 0 Å². The van der Waals surface area contributed by atoms with Crippen molar-refractivity contribution in [3.05, 3.63) is 82.9 Å². The third kappa shape index (κ3) is 7.51. The minimum absolute atomic E-state index is 0.0247. The van der Waals surface area contributed by atoms with Crippen LogP contribution in [-0.4, -0.2) is 34.4 Å². The average molecular weight is 547 g/mol. The first kappa shape index (κ1) is 29.5. The van der Waals surface area contributed by atoms with Gasteiger partial charge in [-0.3, -0.25) is 0 Å². The van der Waals surface area contributed by atoms with Crippen LogP contribution in [0.25, 0.3) is 11.1 Å². The number of halogens is 3. The van der Waals surface area contributed by atoms with E-state index in [1.165, 1.54) is 0 Å². The second-order valence-corrected chi connectivity index (χ2v) is 9.60. The fraction of sp³-hybridized carbons (Fsp3) is 0.310. The molecule has 0 aliphatic carbocycles. The number of hydrogen-bond donors (Lipinski definition) is 2. The van der Waals surface area contributed by atoms with Crippen molar-refractivity contribution in [1.29, 1.82) is 0 Å². The highest BCUT2D eigenvalue weighted by Crippen LogP contribution is 2.39. The molecule has 0 bridgehead atoms. The summed E-state index contributed by atoms with van der Waals surface area (Å²) in [6, 6.07) is 15.4. The molecule has 0 heterocycles. The van der Waals surface area contributed by atoms with Crippen LogP contribution in [0.4, 0.5) is 13.2 Å². The van der Waals surface area contributed by atoms with Gasteiger partial charge >= 0.3 is 18.1 Å². The lowest BCUT2D eigenvalue weighted by molar-refractivity contribution is -0.150. The number of carboxylic acid groups (broad SMARTS) is 1. The molecule has 0 saturated heterocycles. The Morgan fingerprint density at radius 3 is 1.95 bits per heavy atom. The molecule has 208 valence electrons. The van der Waals surface area contributed by atoms with Crippen molar-refractivity contribution in [3.8, 4) is 22.6 Å². The van der Waals surface area contributed by atoms with E-state index in [0.717, 1.165) is 17.2 Å². The number of benzene rings is 3. The molecule has 3 aromatic rings. The Morgan fingerprint density at radius 1 is 0.897 bits per heavy atom. The maximum Gasteiger partial charge on any atom is 0.419 e. The van der Waals surface area contributed by atoms with Crippen molar-refractivity contribution >= 4 is 11.9 Å². The first-order valence-corrected chi connectivity index (χ1v) is 12.0. The van der Waals surface area contributed by atoms with Gasteiger partial charge in [-0.1, -0.05) is 42.5 Å². The zero-order valence-corrected chi connectivity index (χ0v) is 21.8. The van der Waals surface area contributed by atoms with Gasteiger partial charge in [0, 0.05) is 12.2 Å². The summed E-state index contributed by atoms with van der Waals surface area (Å²) < 4.78 is 56.2. The molecule has 1 atom stereocenters. The fourth-order valence-corrected chi connectivity index (χ4v) is 3.77. The third-order valence-corrected chi connectivity index (χ3v) is 5.53. The lowest BCUT2D eigenvalue weighted by Crippen LogP contribution is -2.25. The summed E-state index contributed by atoms with van der Waals surface area (Å²) in [7, 11) is 0. The number of esters is 1. The zero-order chi connectivity index (χ0) is 29.0. The van der Waals surface area contributed by atoms with Gasteiger partial charge in [0.15, 0.2) is 6.10 Å². The summed E-state index contributed by atoms with van der Waals surface area (Å²) in [5.74, 6) is -3.03. The number of carbonyl (C=O) groups excluding carboxylic acids is 1. The summed E-state index contributed by atoms with van der Waals surface area (Å²) >= 11 is 0. The van der Waals surface area contributed by atoms with Crippen LogP contribution in [0.2, 0.25) is 0 Å². The molecule has 0 aromatic heterocycles. The van der Waals surface area contributed by atoms with Crippen LogP contribution in [0.15, 0.2) is 60.7 Å². The van der Waals surface area contributed by atoms with Gasteiger partial charge in [0.1, 0.15) is 29.3 Å². The van der Waals surface area contributed by atoms with Crippen LogP contribution < -0.4 is 4.74 Å². The van der Waals surface area contributed by atoms with Gasteiger partial charge in [-0.2, -0.15) is 13.2 Å². The molecule has 0 aliphatic heterocycles. The van der Waals surface area contributed by atoms with E-state index in [2.05, 4.69) is 0 Å². The quantitative estimate of drug-likeness (QED) is 0.286. The van der Waals surface area contributed by atoms with Gasteiger partial charge in [-0.05, 0) is 62.6 Å². The molecule has 0 amide bonds. The van der Waals surface area contributed by atoms with Gasteiger partial charge in [-0.25, -0.2) is 9.59 Å². The first-order valence-electron chi connectivity index (χ1n) is 12.0. The first-order chi connectivity index (χ1) is 18.2. The molecule has 1 unspecified atom stereocenters. The second kappa shape index (κ2) is 11.8. The van der Waals surface area contributed by atoms with Crippen molar-refractivity contribution < 1.29 is 47.2 Å². The number of ether oxygens (including phenoxy) is 3. The molecule has 0 aliphatic rings. The SMILES string of the molecule is CCOC(C(=O)O)c1ccc(-c2ccc(OCc3ccc(C(F)(F)F)c(O)c3C(=O)OC(C)(C)C)cc2)cc1. The van der Waals surface area contributed by atoms with Crippen molar-refractivity contribution in [2.45, 2.75) is 52.2 Å². The standard InChI is InChI=1S/C29H29F3O7/c1-5-37-25(26(34)35)19-8-6-17(7-9-19)18-10-13-21(14-11-18)38-16-20-12-15-22(29(30,31)32)24(33)23(20)27(36)39-28(2,3)4/h6-15,25,33H,5,16H2,1-4H3,(H,34,35). The molecule has 0 spiro atoms. The smallest absolute Gasteiger partial charge is 0.419 e. The predicted molar refractivity (Wildman–Crippen MR) is 136 cm³/mol. The van der Waals surface area contributed by atoms with Crippen LogP contribution >= 0.6 is 0 Å². The molecule has 3 aromatic carbocycles. The number of phenols is 1.